The lowest BCUT2D eigenvalue weighted by atomic mass is 9.93. The summed E-state index contributed by atoms with van der Waals surface area (Å²) in [6.45, 7) is 0.231. The fourth-order valence-corrected chi connectivity index (χ4v) is 3.77. The van der Waals surface area contributed by atoms with Gasteiger partial charge >= 0.3 is 0 Å². The molecule has 1 saturated carbocycles. The van der Waals surface area contributed by atoms with E-state index in [1.54, 1.807) is 17.3 Å². The number of terminal acetylenes is 1. The molecule has 1 N–H and O–H groups in total. The zero-order valence-corrected chi connectivity index (χ0v) is 14.8. The van der Waals surface area contributed by atoms with E-state index in [0.717, 1.165) is 31.4 Å². The monoisotopic (exact) mass is 352 g/mol. The third-order valence-electron chi connectivity index (χ3n) is 5.17. The average molecular weight is 352 g/mol. The van der Waals surface area contributed by atoms with Crippen LogP contribution in [0.3, 0.4) is 0 Å². The second-order valence-electron chi connectivity index (χ2n) is 6.87. The van der Waals surface area contributed by atoms with E-state index in [1.165, 1.54) is 0 Å². The van der Waals surface area contributed by atoms with Gasteiger partial charge in [-0.05, 0) is 50.7 Å². The van der Waals surface area contributed by atoms with Gasteiger partial charge in [0.05, 0.1) is 31.0 Å². The van der Waals surface area contributed by atoms with Crippen LogP contribution in [-0.2, 0) is 4.79 Å². The van der Waals surface area contributed by atoms with Gasteiger partial charge in [0, 0.05) is 12.2 Å². The number of nitrogens with one attached hydrogen (secondary N) is 1. The van der Waals surface area contributed by atoms with Crippen LogP contribution >= 0.6 is 0 Å². The largest absolute Gasteiger partial charge is 0.489 e. The molecular formula is C20H24N4O2. The first-order valence-electron chi connectivity index (χ1n) is 9.18. The van der Waals surface area contributed by atoms with Crippen molar-refractivity contribution < 1.29 is 9.53 Å². The van der Waals surface area contributed by atoms with Crippen LogP contribution in [0.5, 0.6) is 5.75 Å². The molecule has 0 radical (unpaired) electrons. The van der Waals surface area contributed by atoms with Gasteiger partial charge in [-0.25, -0.2) is 0 Å². The number of hydrogen-bond acceptors (Lipinski definition) is 5. The van der Waals surface area contributed by atoms with Gasteiger partial charge in [0.2, 0.25) is 5.91 Å². The summed E-state index contributed by atoms with van der Waals surface area (Å²) in [5, 5.41) is 12.5. The number of hydrogen-bond donors (Lipinski definition) is 1. The Balaban J connectivity index is 1.43. The highest BCUT2D eigenvalue weighted by Gasteiger charge is 2.36. The lowest BCUT2D eigenvalue weighted by Gasteiger charge is -2.30. The molecule has 6 heteroatoms. The second-order valence-corrected chi connectivity index (χ2v) is 6.87. The van der Waals surface area contributed by atoms with E-state index in [4.69, 9.17) is 11.2 Å². The van der Waals surface area contributed by atoms with E-state index in [0.29, 0.717) is 18.9 Å². The molecule has 2 aliphatic rings. The van der Waals surface area contributed by atoms with Crippen LogP contribution in [0.15, 0.2) is 24.5 Å². The third-order valence-corrected chi connectivity index (χ3v) is 5.17. The second kappa shape index (κ2) is 8.69. The molecule has 0 unspecified atom stereocenters. The van der Waals surface area contributed by atoms with Crippen LogP contribution < -0.4 is 10.1 Å². The minimum atomic E-state index is -0.394. The smallest absolute Gasteiger partial charge is 0.238 e. The molecule has 1 aliphatic carbocycles. The Morgan fingerprint density at radius 2 is 2.08 bits per heavy atom. The van der Waals surface area contributed by atoms with Crippen molar-refractivity contribution in [1.29, 1.82) is 5.26 Å². The van der Waals surface area contributed by atoms with E-state index in [1.807, 2.05) is 12.1 Å². The van der Waals surface area contributed by atoms with Crippen LogP contribution in [0, 0.1) is 23.7 Å². The molecule has 1 aromatic rings. The van der Waals surface area contributed by atoms with Crippen molar-refractivity contribution in [2.75, 3.05) is 6.54 Å². The van der Waals surface area contributed by atoms with Gasteiger partial charge in [0.25, 0.3) is 0 Å². The molecule has 2 heterocycles. The molecule has 2 atom stereocenters. The summed E-state index contributed by atoms with van der Waals surface area (Å²) in [6.07, 6.45) is 14.3. The molecule has 2 fully saturated rings. The van der Waals surface area contributed by atoms with E-state index >= 15 is 0 Å². The molecule has 26 heavy (non-hydrogen) atoms. The van der Waals surface area contributed by atoms with Crippen molar-refractivity contribution >= 4 is 5.91 Å². The van der Waals surface area contributed by atoms with Crippen molar-refractivity contribution in [2.45, 2.75) is 62.8 Å². The molecule has 1 amide bonds. The van der Waals surface area contributed by atoms with Crippen LogP contribution in [0.1, 0.15) is 38.5 Å². The fourth-order valence-electron chi connectivity index (χ4n) is 3.77. The number of nitrogens with zero attached hydrogens (tertiary/aromatic N) is 3. The van der Waals surface area contributed by atoms with Crippen LogP contribution in [0.4, 0.5) is 0 Å². The number of carbonyl (C=O) groups excluding carboxylic acids is 1. The van der Waals surface area contributed by atoms with Crippen LogP contribution in [0.2, 0.25) is 0 Å². The summed E-state index contributed by atoms with van der Waals surface area (Å²) in [5.74, 6) is 3.35. The maximum absolute atomic E-state index is 12.5. The predicted octanol–water partition coefficient (Wildman–Crippen LogP) is 1.88. The number of carbonyl (C=O) groups is 1. The van der Waals surface area contributed by atoms with Crippen LogP contribution in [0.25, 0.3) is 0 Å². The molecular weight excluding hydrogens is 328 g/mol. The average Bonchev–Trinajstić information content (AvgIpc) is 3.11. The molecule has 1 aliphatic heterocycles. The van der Waals surface area contributed by atoms with Gasteiger partial charge < -0.3 is 15.0 Å². The lowest BCUT2D eigenvalue weighted by molar-refractivity contribution is -0.131. The van der Waals surface area contributed by atoms with Gasteiger partial charge in [-0.15, -0.1) is 6.42 Å². The van der Waals surface area contributed by atoms with E-state index in [2.05, 4.69) is 22.3 Å². The summed E-state index contributed by atoms with van der Waals surface area (Å²) < 4.78 is 5.94. The number of likely N-dealkylation sites (tertiary alicyclic amines) is 1. The van der Waals surface area contributed by atoms with E-state index in [-0.39, 0.29) is 24.6 Å². The maximum Gasteiger partial charge on any atom is 0.238 e. The first kappa shape index (κ1) is 18.2. The van der Waals surface area contributed by atoms with Crippen molar-refractivity contribution in [2.24, 2.45) is 0 Å². The highest BCUT2D eigenvalue weighted by Crippen LogP contribution is 2.25. The number of nitriles is 1. The van der Waals surface area contributed by atoms with Crippen molar-refractivity contribution in [3.05, 3.63) is 24.5 Å². The van der Waals surface area contributed by atoms with Crippen molar-refractivity contribution in [1.82, 2.24) is 15.2 Å². The van der Waals surface area contributed by atoms with Crippen LogP contribution in [-0.4, -0.2) is 46.6 Å². The molecule has 1 aromatic heterocycles. The zero-order chi connectivity index (χ0) is 18.4. The molecule has 0 spiro atoms. The van der Waals surface area contributed by atoms with Crippen molar-refractivity contribution in [3.63, 3.8) is 0 Å². The Bertz CT molecular complexity index is 664. The number of aromatic nitrogens is 1. The van der Waals surface area contributed by atoms with Gasteiger partial charge in [-0.3, -0.25) is 9.78 Å². The predicted molar refractivity (Wildman–Crippen MR) is 97.0 cm³/mol. The minimum Gasteiger partial charge on any atom is -0.489 e. The Morgan fingerprint density at radius 1 is 1.31 bits per heavy atom. The molecule has 0 aromatic carbocycles. The highest BCUT2D eigenvalue weighted by molar-refractivity contribution is 5.80. The van der Waals surface area contributed by atoms with Gasteiger partial charge in [-0.1, -0.05) is 5.92 Å². The maximum atomic E-state index is 12.5. The number of amides is 1. The molecule has 0 bridgehead atoms. The number of ether oxygens (including phenoxy) is 1. The molecule has 1 saturated heterocycles. The van der Waals surface area contributed by atoms with Gasteiger partial charge in [-0.2, -0.15) is 5.26 Å². The molecule has 3 rings (SSSR count). The van der Waals surface area contributed by atoms with E-state index in [9.17, 15) is 10.1 Å². The van der Waals surface area contributed by atoms with Gasteiger partial charge in [0.15, 0.2) is 0 Å². The minimum absolute atomic E-state index is 0.0780. The summed E-state index contributed by atoms with van der Waals surface area (Å²) in [4.78, 5) is 18.2. The Hall–Kier alpha value is -2.57. The first-order chi connectivity index (χ1) is 12.7. The standard InChI is InChI=1S/C20H24N4O2/c1-2-16-7-8-17(12-21)24(16)20(25)14-23-15-5-9-18(10-6-15)26-19-4-3-11-22-13-19/h1,3-4,11,13,15-18,23H,5-10,14H2/t15?,16-,17-,18?/m0/s1. The SMILES string of the molecule is C#C[C@H]1CC[C@@H](C#N)N1C(=O)CNC1CCC(Oc2cccnc2)CC1. The fraction of sp³-hybridized carbons (Fsp3) is 0.550. The number of rotatable bonds is 5. The quantitative estimate of drug-likeness (QED) is 0.819. The Labute approximate surface area is 154 Å². The van der Waals surface area contributed by atoms with Gasteiger partial charge in [0.1, 0.15) is 11.8 Å². The Morgan fingerprint density at radius 3 is 2.73 bits per heavy atom. The topological polar surface area (TPSA) is 78.2 Å². The zero-order valence-electron chi connectivity index (χ0n) is 14.8. The van der Waals surface area contributed by atoms with Crippen molar-refractivity contribution in [3.8, 4) is 24.2 Å². The summed E-state index contributed by atoms with van der Waals surface area (Å²) in [5.41, 5.74) is 0. The lowest BCUT2D eigenvalue weighted by Crippen LogP contribution is -2.47. The third kappa shape index (κ3) is 4.33. The summed E-state index contributed by atoms with van der Waals surface area (Å²) >= 11 is 0. The normalized spacial score (nSPS) is 28.2. The molecule has 6 nitrogen and oxygen atoms in total. The summed E-state index contributed by atoms with van der Waals surface area (Å²) in [7, 11) is 0. The summed E-state index contributed by atoms with van der Waals surface area (Å²) in [6, 6.07) is 5.61. The highest BCUT2D eigenvalue weighted by atomic mass is 16.5. The van der Waals surface area contributed by atoms with E-state index < -0.39 is 6.04 Å². The number of pyridine rings is 1. The Kier molecular flexibility index (Phi) is 6.09. The first-order valence-corrected chi connectivity index (χ1v) is 9.18. The molecule has 136 valence electrons.